The normalized spacial score (nSPS) is 36.6. The Balaban J connectivity index is 1.65. The van der Waals surface area contributed by atoms with Crippen molar-refractivity contribution in [2.45, 2.75) is 64.0 Å². The second kappa shape index (κ2) is 5.20. The van der Waals surface area contributed by atoms with Crippen LogP contribution >= 0.6 is 0 Å². The Morgan fingerprint density at radius 1 is 1.00 bits per heavy atom. The summed E-state index contributed by atoms with van der Waals surface area (Å²) in [5, 5.41) is 0. The molecule has 3 fully saturated rings. The molecular formula is C15H25NO2. The van der Waals surface area contributed by atoms with Crippen molar-refractivity contribution in [1.29, 1.82) is 0 Å². The molecule has 3 nitrogen and oxygen atoms in total. The number of hydrogen-bond acceptors (Lipinski definition) is 2. The predicted octanol–water partition coefficient (Wildman–Crippen LogP) is 2.59. The molecule has 1 saturated heterocycles. The van der Waals surface area contributed by atoms with Gasteiger partial charge in [-0.3, -0.25) is 4.79 Å². The predicted molar refractivity (Wildman–Crippen MR) is 70.2 cm³/mol. The molecule has 0 aromatic heterocycles. The fourth-order valence-electron chi connectivity index (χ4n) is 3.47. The van der Waals surface area contributed by atoms with Crippen LogP contribution in [-0.2, 0) is 9.53 Å². The fourth-order valence-corrected chi connectivity index (χ4v) is 3.47. The van der Waals surface area contributed by atoms with E-state index in [1.165, 1.54) is 38.5 Å². The number of hydrogen-bond donors (Lipinski definition) is 0. The summed E-state index contributed by atoms with van der Waals surface area (Å²) in [4.78, 5) is 14.9. The Hall–Kier alpha value is -0.570. The summed E-state index contributed by atoms with van der Waals surface area (Å²) >= 11 is 0. The number of carbonyl (C=O) groups is 1. The maximum atomic E-state index is 12.7. The summed E-state index contributed by atoms with van der Waals surface area (Å²) in [7, 11) is 0. The van der Waals surface area contributed by atoms with Gasteiger partial charge in [-0.25, -0.2) is 0 Å². The first-order valence-corrected chi connectivity index (χ1v) is 7.65. The Labute approximate surface area is 110 Å². The average molecular weight is 251 g/mol. The number of nitrogens with zero attached hydrogens (tertiary/aromatic N) is 1. The first-order valence-electron chi connectivity index (χ1n) is 7.65. The van der Waals surface area contributed by atoms with Crippen LogP contribution < -0.4 is 0 Å². The molecule has 3 aliphatic rings. The van der Waals surface area contributed by atoms with E-state index < -0.39 is 0 Å². The minimum Gasteiger partial charge on any atom is -0.381 e. The number of carbonyl (C=O) groups excluding carboxylic acids is 1. The van der Waals surface area contributed by atoms with Crippen LogP contribution in [0, 0.1) is 11.8 Å². The van der Waals surface area contributed by atoms with Crippen molar-refractivity contribution in [2.75, 3.05) is 13.2 Å². The van der Waals surface area contributed by atoms with E-state index >= 15 is 0 Å². The molecule has 102 valence electrons. The van der Waals surface area contributed by atoms with Gasteiger partial charge in [0.05, 0.1) is 12.5 Å². The zero-order valence-electron chi connectivity index (χ0n) is 11.4. The summed E-state index contributed by atoms with van der Waals surface area (Å²) in [5.74, 6) is 1.41. The molecule has 0 bridgehead atoms. The van der Waals surface area contributed by atoms with E-state index in [2.05, 4.69) is 11.8 Å². The molecular weight excluding hydrogens is 226 g/mol. The lowest BCUT2D eigenvalue weighted by atomic mass is 9.86. The van der Waals surface area contributed by atoms with E-state index in [9.17, 15) is 4.79 Å². The monoisotopic (exact) mass is 251 g/mol. The second-order valence-electron chi connectivity index (χ2n) is 6.45. The van der Waals surface area contributed by atoms with Crippen LogP contribution in [0.4, 0.5) is 0 Å². The summed E-state index contributed by atoms with van der Waals surface area (Å²) in [6, 6.07) is 1.10. The Bertz CT molecular complexity index is 300. The van der Waals surface area contributed by atoms with Crippen molar-refractivity contribution < 1.29 is 9.53 Å². The van der Waals surface area contributed by atoms with Crippen molar-refractivity contribution >= 4 is 5.91 Å². The van der Waals surface area contributed by atoms with Crippen LogP contribution in [0.3, 0.4) is 0 Å². The highest BCUT2D eigenvalue weighted by Gasteiger charge is 2.41. The molecule has 1 atom stereocenters. The molecule has 0 radical (unpaired) electrons. The van der Waals surface area contributed by atoms with Gasteiger partial charge < -0.3 is 9.64 Å². The number of rotatable bonds is 3. The molecule has 3 rings (SSSR count). The van der Waals surface area contributed by atoms with Gasteiger partial charge in [0.1, 0.15) is 0 Å². The van der Waals surface area contributed by atoms with E-state index in [4.69, 9.17) is 4.74 Å². The van der Waals surface area contributed by atoms with Gasteiger partial charge in [-0.1, -0.05) is 6.92 Å². The topological polar surface area (TPSA) is 29.5 Å². The maximum absolute atomic E-state index is 12.7. The molecule has 3 heteroatoms. The van der Waals surface area contributed by atoms with Crippen LogP contribution in [0.2, 0.25) is 0 Å². The molecule has 0 N–H and O–H groups in total. The highest BCUT2D eigenvalue weighted by molar-refractivity contribution is 5.80. The van der Waals surface area contributed by atoms with E-state index in [1.807, 2.05) is 0 Å². The lowest BCUT2D eigenvalue weighted by Crippen LogP contribution is -2.46. The van der Waals surface area contributed by atoms with Crippen LogP contribution in [0.1, 0.15) is 51.9 Å². The summed E-state index contributed by atoms with van der Waals surface area (Å²) < 4.78 is 5.39. The van der Waals surface area contributed by atoms with Crippen LogP contribution in [0.5, 0.6) is 0 Å². The van der Waals surface area contributed by atoms with Crippen LogP contribution in [0.25, 0.3) is 0 Å². The molecule has 1 unspecified atom stereocenters. The van der Waals surface area contributed by atoms with Gasteiger partial charge >= 0.3 is 0 Å². The average Bonchev–Trinajstić information content (AvgIpc) is 3.05. The van der Waals surface area contributed by atoms with Crippen molar-refractivity contribution in [1.82, 2.24) is 4.90 Å². The lowest BCUT2D eigenvalue weighted by molar-refractivity contribution is -0.139. The van der Waals surface area contributed by atoms with Gasteiger partial charge in [0.25, 0.3) is 0 Å². The molecule has 0 aromatic carbocycles. The third kappa shape index (κ3) is 2.56. The van der Waals surface area contributed by atoms with Crippen molar-refractivity contribution in [2.24, 2.45) is 11.8 Å². The highest BCUT2D eigenvalue weighted by Crippen LogP contribution is 2.36. The zero-order chi connectivity index (χ0) is 12.5. The minimum atomic E-state index is 0.157. The first kappa shape index (κ1) is 12.5. The molecule has 1 aliphatic heterocycles. The molecule has 18 heavy (non-hydrogen) atoms. The first-order chi connectivity index (χ1) is 8.75. The van der Waals surface area contributed by atoms with Crippen molar-refractivity contribution in [3.05, 3.63) is 0 Å². The summed E-state index contributed by atoms with van der Waals surface area (Å²) in [6.45, 7) is 3.77. The number of ether oxygens (including phenoxy) is 1. The van der Waals surface area contributed by atoms with E-state index in [0.717, 1.165) is 18.9 Å². The van der Waals surface area contributed by atoms with Gasteiger partial charge in [0.15, 0.2) is 0 Å². The van der Waals surface area contributed by atoms with Crippen LogP contribution in [-0.4, -0.2) is 36.1 Å². The quantitative estimate of drug-likeness (QED) is 0.771. The molecule has 0 aromatic rings. The molecule has 1 heterocycles. The largest absolute Gasteiger partial charge is 0.381 e. The molecule has 2 aliphatic carbocycles. The zero-order valence-corrected chi connectivity index (χ0v) is 11.4. The minimum absolute atomic E-state index is 0.157. The van der Waals surface area contributed by atoms with Crippen molar-refractivity contribution in [3.8, 4) is 0 Å². The van der Waals surface area contributed by atoms with Crippen molar-refractivity contribution in [3.63, 3.8) is 0 Å². The number of amides is 1. The Morgan fingerprint density at radius 3 is 2.11 bits per heavy atom. The second-order valence-corrected chi connectivity index (χ2v) is 6.45. The van der Waals surface area contributed by atoms with E-state index in [1.54, 1.807) is 0 Å². The van der Waals surface area contributed by atoms with Gasteiger partial charge in [0, 0.05) is 18.7 Å². The summed E-state index contributed by atoms with van der Waals surface area (Å²) in [5.41, 5.74) is 0. The van der Waals surface area contributed by atoms with Gasteiger partial charge in [0.2, 0.25) is 5.91 Å². The van der Waals surface area contributed by atoms with Crippen LogP contribution in [0.15, 0.2) is 0 Å². The highest BCUT2D eigenvalue weighted by atomic mass is 16.5. The Morgan fingerprint density at radius 2 is 1.61 bits per heavy atom. The van der Waals surface area contributed by atoms with Gasteiger partial charge in [-0.2, -0.15) is 0 Å². The SMILES string of the molecule is CC1CCC(N(C(=O)C2CCOC2)C2CC2)CC1. The molecule has 1 amide bonds. The third-order valence-electron chi connectivity index (χ3n) is 4.85. The fraction of sp³-hybridized carbons (Fsp3) is 0.933. The van der Waals surface area contributed by atoms with Gasteiger partial charge in [-0.15, -0.1) is 0 Å². The van der Waals surface area contributed by atoms with Gasteiger partial charge in [-0.05, 0) is 50.9 Å². The smallest absolute Gasteiger partial charge is 0.228 e. The molecule has 0 spiro atoms. The maximum Gasteiger partial charge on any atom is 0.228 e. The molecule has 2 saturated carbocycles. The van der Waals surface area contributed by atoms with E-state index in [-0.39, 0.29) is 5.92 Å². The van der Waals surface area contributed by atoms with E-state index in [0.29, 0.717) is 24.6 Å². The Kier molecular flexibility index (Phi) is 3.60. The summed E-state index contributed by atoms with van der Waals surface area (Å²) in [6.07, 6.45) is 8.42. The standard InChI is InChI=1S/C15H25NO2/c1-11-2-4-13(5-3-11)16(14-6-7-14)15(17)12-8-9-18-10-12/h11-14H,2-10H2,1H3. The lowest BCUT2D eigenvalue weighted by Gasteiger charge is -2.37. The third-order valence-corrected chi connectivity index (χ3v) is 4.85.